The molecule has 1 fully saturated rings. The third-order valence-electron chi connectivity index (χ3n) is 3.69. The Bertz CT molecular complexity index is 377. The monoisotopic (exact) mass is 263 g/mol. The number of nitrogens with one attached hydrogen (secondary N) is 1. The molecule has 1 aliphatic carbocycles. The van der Waals surface area contributed by atoms with Crippen LogP contribution in [0.4, 0.5) is 0 Å². The van der Waals surface area contributed by atoms with E-state index in [1.807, 2.05) is 12.1 Å². The Kier molecular flexibility index (Phi) is 5.67. The smallest absolute Gasteiger partial charge is 0.119 e. The van der Waals surface area contributed by atoms with E-state index in [4.69, 9.17) is 9.47 Å². The van der Waals surface area contributed by atoms with Crippen LogP contribution in [0.15, 0.2) is 24.3 Å². The molecule has 1 atom stereocenters. The third kappa shape index (κ3) is 4.22. The van der Waals surface area contributed by atoms with Crippen LogP contribution < -0.4 is 10.1 Å². The molecule has 1 aliphatic rings. The molecule has 0 amide bonds. The molecule has 3 nitrogen and oxygen atoms in total. The Morgan fingerprint density at radius 1 is 1.37 bits per heavy atom. The van der Waals surface area contributed by atoms with Crippen LogP contribution in [0.3, 0.4) is 0 Å². The highest BCUT2D eigenvalue weighted by molar-refractivity contribution is 5.30. The maximum Gasteiger partial charge on any atom is 0.119 e. The Labute approximate surface area is 116 Å². The number of benzene rings is 1. The largest absolute Gasteiger partial charge is 0.497 e. The average molecular weight is 263 g/mol. The second kappa shape index (κ2) is 7.51. The van der Waals surface area contributed by atoms with E-state index in [-0.39, 0.29) is 6.04 Å². The fraction of sp³-hybridized carbons (Fsp3) is 0.625. The molecule has 0 bridgehead atoms. The van der Waals surface area contributed by atoms with E-state index in [1.54, 1.807) is 7.11 Å². The lowest BCUT2D eigenvalue weighted by Crippen LogP contribution is -2.30. The van der Waals surface area contributed by atoms with Gasteiger partial charge in [0.2, 0.25) is 0 Å². The molecule has 0 aromatic heterocycles. The van der Waals surface area contributed by atoms with Crippen molar-refractivity contribution >= 4 is 0 Å². The minimum Gasteiger partial charge on any atom is -0.497 e. The minimum absolute atomic E-state index is 0.260. The summed E-state index contributed by atoms with van der Waals surface area (Å²) in [4.78, 5) is 0. The van der Waals surface area contributed by atoms with Crippen LogP contribution in [0, 0.1) is 0 Å². The van der Waals surface area contributed by atoms with Crippen LogP contribution in [-0.4, -0.2) is 26.4 Å². The predicted octanol–water partition coefficient (Wildman–Crippen LogP) is 3.31. The Hall–Kier alpha value is -1.06. The molecule has 1 aromatic rings. The standard InChI is InChI=1S/C16H25NO2/c1-3-10-17-16(12-19-14-7-5-8-14)13-6-4-9-15(11-13)18-2/h4,6,9,11,14,16-17H,3,5,7-8,10,12H2,1-2H3. The first-order chi connectivity index (χ1) is 9.33. The summed E-state index contributed by atoms with van der Waals surface area (Å²) in [6.07, 6.45) is 5.37. The van der Waals surface area contributed by atoms with Gasteiger partial charge in [-0.25, -0.2) is 0 Å². The van der Waals surface area contributed by atoms with Gasteiger partial charge in [0, 0.05) is 0 Å². The molecule has 0 spiro atoms. The highest BCUT2D eigenvalue weighted by Gasteiger charge is 2.20. The van der Waals surface area contributed by atoms with Gasteiger partial charge in [-0.15, -0.1) is 0 Å². The van der Waals surface area contributed by atoms with Crippen molar-refractivity contribution in [3.05, 3.63) is 29.8 Å². The van der Waals surface area contributed by atoms with Gasteiger partial charge in [-0.2, -0.15) is 0 Å². The zero-order valence-corrected chi connectivity index (χ0v) is 12.0. The zero-order valence-electron chi connectivity index (χ0n) is 12.0. The molecule has 0 aliphatic heterocycles. The predicted molar refractivity (Wildman–Crippen MR) is 77.6 cm³/mol. The summed E-state index contributed by atoms with van der Waals surface area (Å²) in [6, 6.07) is 8.51. The molecule has 19 heavy (non-hydrogen) atoms. The fourth-order valence-electron chi connectivity index (χ4n) is 2.22. The molecule has 1 saturated carbocycles. The van der Waals surface area contributed by atoms with Crippen LogP contribution in [0.2, 0.25) is 0 Å². The number of rotatable bonds is 8. The van der Waals surface area contributed by atoms with Crippen LogP contribution in [0.25, 0.3) is 0 Å². The van der Waals surface area contributed by atoms with E-state index in [9.17, 15) is 0 Å². The van der Waals surface area contributed by atoms with Crippen molar-refractivity contribution in [1.82, 2.24) is 5.32 Å². The van der Waals surface area contributed by atoms with Crippen molar-refractivity contribution in [2.75, 3.05) is 20.3 Å². The molecule has 1 unspecified atom stereocenters. The quantitative estimate of drug-likeness (QED) is 0.780. The van der Waals surface area contributed by atoms with Crippen LogP contribution in [0.5, 0.6) is 5.75 Å². The highest BCUT2D eigenvalue weighted by atomic mass is 16.5. The van der Waals surface area contributed by atoms with Gasteiger partial charge < -0.3 is 14.8 Å². The molecular weight excluding hydrogens is 238 g/mol. The lowest BCUT2D eigenvalue weighted by atomic mass is 9.96. The maximum atomic E-state index is 5.96. The van der Waals surface area contributed by atoms with E-state index < -0.39 is 0 Å². The summed E-state index contributed by atoms with van der Waals surface area (Å²) in [6.45, 7) is 3.94. The van der Waals surface area contributed by atoms with Gasteiger partial charge in [0.05, 0.1) is 25.9 Å². The lowest BCUT2D eigenvalue weighted by molar-refractivity contribution is -0.00877. The molecule has 0 saturated heterocycles. The minimum atomic E-state index is 0.260. The Morgan fingerprint density at radius 2 is 2.21 bits per heavy atom. The summed E-state index contributed by atoms with van der Waals surface area (Å²) in [5.41, 5.74) is 1.24. The highest BCUT2D eigenvalue weighted by Crippen LogP contribution is 2.25. The van der Waals surface area contributed by atoms with Crippen LogP contribution in [-0.2, 0) is 4.74 Å². The second-order valence-electron chi connectivity index (χ2n) is 5.17. The van der Waals surface area contributed by atoms with Gasteiger partial charge in [-0.1, -0.05) is 19.1 Å². The number of ether oxygens (including phenoxy) is 2. The summed E-state index contributed by atoms with van der Waals surface area (Å²) in [7, 11) is 1.71. The summed E-state index contributed by atoms with van der Waals surface area (Å²) < 4.78 is 11.3. The molecule has 2 rings (SSSR count). The van der Waals surface area contributed by atoms with Crippen molar-refractivity contribution in [3.63, 3.8) is 0 Å². The average Bonchev–Trinajstić information content (AvgIpc) is 2.40. The van der Waals surface area contributed by atoms with Gasteiger partial charge in [0.1, 0.15) is 5.75 Å². The summed E-state index contributed by atoms with van der Waals surface area (Å²) >= 11 is 0. The SMILES string of the molecule is CCCNC(COC1CCC1)c1cccc(OC)c1. The van der Waals surface area contributed by atoms with E-state index in [1.165, 1.54) is 24.8 Å². The van der Waals surface area contributed by atoms with Crippen molar-refractivity contribution < 1.29 is 9.47 Å². The number of hydrogen-bond donors (Lipinski definition) is 1. The molecule has 0 heterocycles. The van der Waals surface area contributed by atoms with E-state index >= 15 is 0 Å². The number of hydrogen-bond acceptors (Lipinski definition) is 3. The molecular formula is C16H25NO2. The maximum absolute atomic E-state index is 5.96. The molecule has 1 aromatic carbocycles. The molecule has 1 N–H and O–H groups in total. The van der Waals surface area contributed by atoms with Crippen LogP contribution in [0.1, 0.15) is 44.2 Å². The van der Waals surface area contributed by atoms with Gasteiger partial charge in [-0.3, -0.25) is 0 Å². The van der Waals surface area contributed by atoms with Gasteiger partial charge in [0.15, 0.2) is 0 Å². The van der Waals surface area contributed by atoms with Crippen molar-refractivity contribution in [1.29, 1.82) is 0 Å². The molecule has 0 radical (unpaired) electrons. The molecule has 3 heteroatoms. The number of methoxy groups -OCH3 is 1. The summed E-state index contributed by atoms with van der Waals surface area (Å²) in [5, 5.41) is 3.56. The lowest BCUT2D eigenvalue weighted by Gasteiger charge is -2.28. The van der Waals surface area contributed by atoms with E-state index in [2.05, 4.69) is 24.4 Å². The van der Waals surface area contributed by atoms with Crippen molar-refractivity contribution in [2.45, 2.75) is 44.8 Å². The first-order valence-electron chi connectivity index (χ1n) is 7.32. The normalized spacial score (nSPS) is 16.9. The zero-order chi connectivity index (χ0) is 13.5. The topological polar surface area (TPSA) is 30.5 Å². The Balaban J connectivity index is 1.97. The van der Waals surface area contributed by atoms with Gasteiger partial charge >= 0.3 is 0 Å². The van der Waals surface area contributed by atoms with E-state index in [0.29, 0.717) is 6.10 Å². The van der Waals surface area contributed by atoms with Crippen molar-refractivity contribution in [2.24, 2.45) is 0 Å². The third-order valence-corrected chi connectivity index (χ3v) is 3.69. The second-order valence-corrected chi connectivity index (χ2v) is 5.17. The van der Waals surface area contributed by atoms with E-state index in [0.717, 1.165) is 25.3 Å². The summed E-state index contributed by atoms with van der Waals surface area (Å²) in [5.74, 6) is 0.907. The van der Waals surface area contributed by atoms with Crippen molar-refractivity contribution in [3.8, 4) is 5.75 Å². The Morgan fingerprint density at radius 3 is 2.84 bits per heavy atom. The van der Waals surface area contributed by atoms with Crippen LogP contribution >= 0.6 is 0 Å². The first kappa shape index (κ1) is 14.4. The first-order valence-corrected chi connectivity index (χ1v) is 7.32. The molecule has 106 valence electrons. The fourth-order valence-corrected chi connectivity index (χ4v) is 2.22. The van der Waals surface area contributed by atoms with Gasteiger partial charge in [0.25, 0.3) is 0 Å². The van der Waals surface area contributed by atoms with Gasteiger partial charge in [-0.05, 0) is 49.9 Å².